The number of rotatable bonds is 4. The quantitative estimate of drug-likeness (QED) is 0.538. The van der Waals surface area contributed by atoms with Gasteiger partial charge in [-0.25, -0.2) is 9.37 Å². The number of aliphatic hydroxyl groups is 1. The molecule has 0 saturated carbocycles. The van der Waals surface area contributed by atoms with Crippen molar-refractivity contribution in [3.8, 4) is 6.01 Å². The number of anilines is 1. The number of amides is 1. The summed E-state index contributed by atoms with van der Waals surface area (Å²) in [6.45, 7) is 0.424. The zero-order valence-electron chi connectivity index (χ0n) is 15.6. The number of aromatic amines is 1. The van der Waals surface area contributed by atoms with Crippen LogP contribution in [-0.2, 0) is 9.47 Å². The predicted molar refractivity (Wildman–Crippen MR) is 108 cm³/mol. The van der Waals surface area contributed by atoms with Crippen molar-refractivity contribution in [2.45, 2.75) is 24.4 Å². The van der Waals surface area contributed by atoms with Crippen molar-refractivity contribution in [2.75, 3.05) is 18.5 Å². The molecule has 5 rings (SSSR count). The van der Waals surface area contributed by atoms with Crippen molar-refractivity contribution in [3.63, 3.8) is 0 Å². The van der Waals surface area contributed by atoms with Gasteiger partial charge in [0.1, 0.15) is 24.1 Å². The molecule has 1 amide bonds. The van der Waals surface area contributed by atoms with Crippen LogP contribution in [0, 0.1) is 5.82 Å². The van der Waals surface area contributed by atoms with Gasteiger partial charge in [0.15, 0.2) is 17.6 Å². The number of fused-ring (bicyclic) bond motifs is 2. The van der Waals surface area contributed by atoms with Gasteiger partial charge in [0.05, 0.1) is 29.3 Å². The van der Waals surface area contributed by atoms with Crippen LogP contribution >= 0.6 is 23.2 Å². The Kier molecular flexibility index (Phi) is 5.19. The summed E-state index contributed by atoms with van der Waals surface area (Å²) >= 11 is 12.1. The summed E-state index contributed by atoms with van der Waals surface area (Å²) in [7, 11) is 0. The Hall–Kier alpha value is -2.50. The lowest BCUT2D eigenvalue weighted by molar-refractivity contribution is 0.00706. The molecular weight excluding hydrogens is 454 g/mol. The maximum absolute atomic E-state index is 13.9. The fourth-order valence-electron chi connectivity index (χ4n) is 3.57. The molecule has 1 aromatic carbocycles. The van der Waals surface area contributed by atoms with Crippen LogP contribution < -0.4 is 10.1 Å². The summed E-state index contributed by atoms with van der Waals surface area (Å²) in [5.41, 5.74) is 0.449. The number of carbonyl (C=O) groups is 1. The van der Waals surface area contributed by atoms with E-state index >= 15 is 0 Å². The molecule has 31 heavy (non-hydrogen) atoms. The van der Waals surface area contributed by atoms with Crippen LogP contribution in [0.2, 0.25) is 10.0 Å². The van der Waals surface area contributed by atoms with Gasteiger partial charge < -0.3 is 29.6 Å². The minimum atomic E-state index is -0.758. The lowest BCUT2D eigenvalue weighted by Crippen LogP contribution is -2.34. The SMILES string of the molecule is O=C(Nc1nc2nc(O[C@@H]3COC4[C@H](O)CO[C@@H]43)[nH]c2cc1Cl)c1cc(Cl)ccc1F. The highest BCUT2D eigenvalue weighted by atomic mass is 35.5. The summed E-state index contributed by atoms with van der Waals surface area (Å²) in [6.07, 6.45) is -1.98. The number of imidazole rings is 1. The Bertz CT molecular complexity index is 1180. The van der Waals surface area contributed by atoms with Gasteiger partial charge in [-0.1, -0.05) is 23.2 Å². The molecule has 3 aromatic rings. The Morgan fingerprint density at radius 2 is 2.03 bits per heavy atom. The first-order valence-corrected chi connectivity index (χ1v) is 10.1. The fraction of sp³-hybridized carbons (Fsp3) is 0.316. The number of hydrogen-bond acceptors (Lipinski definition) is 7. The third-order valence-corrected chi connectivity index (χ3v) is 5.58. The van der Waals surface area contributed by atoms with Gasteiger partial charge in [-0.05, 0) is 24.3 Å². The molecule has 12 heteroatoms. The smallest absolute Gasteiger partial charge is 0.296 e. The maximum Gasteiger partial charge on any atom is 0.296 e. The first kappa shape index (κ1) is 20.4. The van der Waals surface area contributed by atoms with Crippen LogP contribution in [0.15, 0.2) is 24.3 Å². The summed E-state index contributed by atoms with van der Waals surface area (Å²) in [5.74, 6) is -1.49. The number of ether oxygens (including phenoxy) is 3. The second-order valence-electron chi connectivity index (χ2n) is 7.13. The van der Waals surface area contributed by atoms with E-state index in [4.69, 9.17) is 37.4 Å². The topological polar surface area (TPSA) is 119 Å². The van der Waals surface area contributed by atoms with Crippen LogP contribution in [-0.4, -0.2) is 63.6 Å². The molecule has 2 aliphatic rings. The normalized spacial score (nSPS) is 25.0. The number of nitrogens with zero attached hydrogens (tertiary/aromatic N) is 2. The number of carbonyl (C=O) groups excluding carboxylic acids is 1. The third-order valence-electron chi connectivity index (χ3n) is 5.05. The number of hydrogen-bond donors (Lipinski definition) is 3. The second kappa shape index (κ2) is 7.88. The third kappa shape index (κ3) is 3.81. The lowest BCUT2D eigenvalue weighted by atomic mass is 10.1. The standard InChI is InChI=1S/C19H15Cl2FN4O5/c20-7-1-2-10(22)8(3-7)18(28)25-16-9(21)4-11-17(24-16)26-19(23-11)31-13-6-30-14-12(27)5-29-15(13)14/h1-4,12-15,27H,5-6H2,(H2,23,24,25,26,28)/t12-,13-,14?,15-/m1/s1. The minimum absolute atomic E-state index is 0.00287. The molecule has 2 saturated heterocycles. The van der Waals surface area contributed by atoms with Crippen molar-refractivity contribution in [1.29, 1.82) is 0 Å². The van der Waals surface area contributed by atoms with Crippen LogP contribution in [0.3, 0.4) is 0 Å². The second-order valence-corrected chi connectivity index (χ2v) is 7.97. The number of aromatic nitrogens is 3. The Labute approximate surface area is 184 Å². The van der Waals surface area contributed by atoms with Gasteiger partial charge in [-0.2, -0.15) is 4.98 Å². The lowest BCUT2D eigenvalue weighted by Gasteiger charge is -2.15. The number of benzene rings is 1. The molecule has 162 valence electrons. The molecule has 0 spiro atoms. The highest BCUT2D eigenvalue weighted by Gasteiger charge is 2.48. The van der Waals surface area contributed by atoms with E-state index < -0.39 is 36.1 Å². The molecule has 0 aliphatic carbocycles. The molecule has 9 nitrogen and oxygen atoms in total. The Balaban J connectivity index is 1.36. The largest absolute Gasteiger partial charge is 0.456 e. The number of aliphatic hydroxyl groups excluding tert-OH is 1. The number of nitrogens with one attached hydrogen (secondary N) is 2. The van der Waals surface area contributed by atoms with Gasteiger partial charge in [-0.15, -0.1) is 0 Å². The van der Waals surface area contributed by atoms with Crippen molar-refractivity contribution in [1.82, 2.24) is 15.0 Å². The van der Waals surface area contributed by atoms with E-state index in [9.17, 15) is 14.3 Å². The molecular formula is C19H15Cl2FN4O5. The molecule has 1 unspecified atom stereocenters. The van der Waals surface area contributed by atoms with Crippen molar-refractivity contribution >= 4 is 46.1 Å². The first-order valence-electron chi connectivity index (χ1n) is 9.29. The van der Waals surface area contributed by atoms with E-state index in [2.05, 4.69) is 20.3 Å². The van der Waals surface area contributed by atoms with Gasteiger partial charge in [-0.3, -0.25) is 4.79 Å². The van der Waals surface area contributed by atoms with E-state index in [1.54, 1.807) is 0 Å². The fourth-order valence-corrected chi connectivity index (χ4v) is 3.94. The summed E-state index contributed by atoms with van der Waals surface area (Å²) in [5, 5.41) is 12.6. The molecule has 2 fully saturated rings. The van der Waals surface area contributed by atoms with Crippen molar-refractivity contribution in [2.24, 2.45) is 0 Å². The zero-order valence-corrected chi connectivity index (χ0v) is 17.2. The van der Waals surface area contributed by atoms with Gasteiger partial charge >= 0.3 is 0 Å². The number of H-pyrrole nitrogens is 1. The minimum Gasteiger partial charge on any atom is -0.456 e. The van der Waals surface area contributed by atoms with Crippen LogP contribution in [0.4, 0.5) is 10.2 Å². The van der Waals surface area contributed by atoms with Crippen molar-refractivity contribution < 1.29 is 28.5 Å². The van der Waals surface area contributed by atoms with Gasteiger partial charge in [0, 0.05) is 5.02 Å². The van der Waals surface area contributed by atoms with Crippen molar-refractivity contribution in [3.05, 3.63) is 45.7 Å². The first-order chi connectivity index (χ1) is 14.9. The molecule has 0 bridgehead atoms. The summed E-state index contributed by atoms with van der Waals surface area (Å²) < 4.78 is 30.8. The average molecular weight is 469 g/mol. The Morgan fingerprint density at radius 3 is 2.87 bits per heavy atom. The zero-order chi connectivity index (χ0) is 21.7. The molecule has 4 atom stereocenters. The van der Waals surface area contributed by atoms with E-state index in [-0.39, 0.29) is 46.3 Å². The van der Waals surface area contributed by atoms with Gasteiger partial charge in [0.25, 0.3) is 11.9 Å². The number of pyridine rings is 1. The predicted octanol–water partition coefficient (Wildman–Crippen LogP) is 2.56. The van der Waals surface area contributed by atoms with E-state index in [1.165, 1.54) is 18.2 Å². The van der Waals surface area contributed by atoms with E-state index in [0.29, 0.717) is 5.52 Å². The van der Waals surface area contributed by atoms with Crippen LogP contribution in [0.1, 0.15) is 10.4 Å². The summed E-state index contributed by atoms with van der Waals surface area (Å²) in [6, 6.07) is 5.31. The van der Waals surface area contributed by atoms with E-state index in [0.717, 1.165) is 6.07 Å². The maximum atomic E-state index is 13.9. The van der Waals surface area contributed by atoms with Gasteiger partial charge in [0.2, 0.25) is 0 Å². The average Bonchev–Trinajstić information content (AvgIpc) is 3.41. The van der Waals surface area contributed by atoms with Crippen LogP contribution in [0.5, 0.6) is 6.01 Å². The number of halogens is 3. The highest BCUT2D eigenvalue weighted by molar-refractivity contribution is 6.34. The molecule has 4 heterocycles. The molecule has 2 aromatic heterocycles. The summed E-state index contributed by atoms with van der Waals surface area (Å²) in [4.78, 5) is 23.8. The highest BCUT2D eigenvalue weighted by Crippen LogP contribution is 2.31. The molecule has 2 aliphatic heterocycles. The molecule has 0 radical (unpaired) electrons. The monoisotopic (exact) mass is 468 g/mol. The van der Waals surface area contributed by atoms with Crippen LogP contribution in [0.25, 0.3) is 11.2 Å². The molecule has 3 N–H and O–H groups in total. The van der Waals surface area contributed by atoms with E-state index in [1.807, 2.05) is 0 Å². The Morgan fingerprint density at radius 1 is 1.23 bits per heavy atom.